The van der Waals surface area contributed by atoms with Gasteiger partial charge in [0, 0.05) is 22.3 Å². The molecule has 1 unspecified atom stereocenters. The van der Waals surface area contributed by atoms with E-state index in [0.717, 1.165) is 17.5 Å². The molecule has 34 heavy (non-hydrogen) atoms. The van der Waals surface area contributed by atoms with Gasteiger partial charge in [0.1, 0.15) is 19.0 Å². The molecule has 3 aromatic rings. The van der Waals surface area contributed by atoms with Crippen molar-refractivity contribution in [3.8, 4) is 0 Å². The van der Waals surface area contributed by atoms with Gasteiger partial charge in [-0.05, 0) is 35.9 Å². The lowest BCUT2D eigenvalue weighted by atomic mass is 10.1. The molecule has 1 atom stereocenters. The van der Waals surface area contributed by atoms with Gasteiger partial charge < -0.3 is 0 Å². The van der Waals surface area contributed by atoms with Crippen molar-refractivity contribution in [1.82, 2.24) is 0 Å². The van der Waals surface area contributed by atoms with Gasteiger partial charge in [0.25, 0.3) is 0 Å². The first-order valence-corrected chi connectivity index (χ1v) is 12.7. The van der Waals surface area contributed by atoms with Crippen LogP contribution in [0.1, 0.15) is 11.1 Å². The largest absolute Gasteiger partial charge is 0.452 e. The molecule has 1 aliphatic rings. The van der Waals surface area contributed by atoms with Crippen LogP contribution in [0.25, 0.3) is 0 Å². The number of nitrogens with one attached hydrogen (secondary N) is 1. The minimum absolute atomic E-state index is 0.0982. The van der Waals surface area contributed by atoms with Crippen LogP contribution in [0.5, 0.6) is 0 Å². The zero-order chi connectivity index (χ0) is 24.3. The zero-order valence-corrected chi connectivity index (χ0v) is 20.3. The number of amides is 2. The number of halogens is 1. The van der Waals surface area contributed by atoms with Gasteiger partial charge in [-0.15, -0.1) is 0 Å². The van der Waals surface area contributed by atoms with Gasteiger partial charge in [-0.1, -0.05) is 69.8 Å². The Labute approximate surface area is 204 Å². The highest BCUT2D eigenvalue weighted by atomic mass is 35.5. The van der Waals surface area contributed by atoms with E-state index in [9.17, 15) is 13.2 Å². The number of carbonyl (C=O) groups excluding carboxylic acids is 1. The first kappa shape index (κ1) is 23.7. The normalized spacial score (nSPS) is 17.3. The predicted molar refractivity (Wildman–Crippen MR) is 136 cm³/mol. The molecule has 0 aromatic heterocycles. The molecule has 1 heterocycles. The Morgan fingerprint density at radius 1 is 1.00 bits per heavy atom. The monoisotopic (exact) mass is 495 g/mol. The third kappa shape index (κ3) is 5.20. The fourth-order valence-electron chi connectivity index (χ4n) is 3.51. The van der Waals surface area contributed by atoms with Crippen LogP contribution in [0, 0.1) is 0 Å². The van der Waals surface area contributed by atoms with Crippen LogP contribution in [-0.4, -0.2) is 38.1 Å². The quantitative estimate of drug-likeness (QED) is 0.476. The maximum atomic E-state index is 13.0. The minimum atomic E-state index is -3.57. The third-order valence-electron chi connectivity index (χ3n) is 5.40. The average Bonchev–Trinajstić information content (AvgIpc) is 3.23. The lowest BCUT2D eigenvalue weighted by molar-refractivity contribution is -0.777. The van der Waals surface area contributed by atoms with Gasteiger partial charge in [0.15, 0.2) is 0 Å². The summed E-state index contributed by atoms with van der Waals surface area (Å²) in [4.78, 5) is 13.0. The first-order valence-electron chi connectivity index (χ1n) is 10.5. The number of rotatable bonds is 6. The van der Waals surface area contributed by atoms with Gasteiger partial charge >= 0.3 is 6.03 Å². The van der Waals surface area contributed by atoms with E-state index in [0.29, 0.717) is 22.0 Å². The number of benzene rings is 3. The molecule has 1 aliphatic heterocycles. The van der Waals surface area contributed by atoms with Crippen LogP contribution in [0.3, 0.4) is 0 Å². The van der Waals surface area contributed by atoms with Gasteiger partial charge in [0.2, 0.25) is 10.0 Å². The summed E-state index contributed by atoms with van der Waals surface area (Å²) in [6.07, 6.45) is 4.67. The first-order chi connectivity index (χ1) is 16.2. The van der Waals surface area contributed by atoms with Crippen molar-refractivity contribution in [2.75, 3.05) is 22.9 Å². The number of hydrogen-bond donors (Lipinski definition) is 1. The molecular formula is C25H24ClN4O3S+. The second kappa shape index (κ2) is 9.42. The van der Waals surface area contributed by atoms with Crippen molar-refractivity contribution in [1.29, 1.82) is 0 Å². The summed E-state index contributed by atoms with van der Waals surface area (Å²) in [6, 6.07) is 23.0. The molecule has 3 aromatic carbocycles. The number of carbonyl (C=O) groups is 1. The molecule has 7 nitrogen and oxygen atoms in total. The van der Waals surface area contributed by atoms with Gasteiger partial charge in [0.05, 0.1) is 18.5 Å². The fraction of sp³-hybridized carbons (Fsp3) is 0.120. The van der Waals surface area contributed by atoms with Crippen LogP contribution < -0.4 is 9.62 Å². The predicted octanol–water partition coefficient (Wildman–Crippen LogP) is 5.22. The van der Waals surface area contributed by atoms with Crippen LogP contribution >= 0.6 is 11.6 Å². The molecule has 0 saturated heterocycles. The lowest BCUT2D eigenvalue weighted by Gasteiger charge is -2.23. The van der Waals surface area contributed by atoms with Crippen molar-refractivity contribution in [2.24, 2.45) is 5.10 Å². The highest BCUT2D eigenvalue weighted by Crippen LogP contribution is 2.26. The Balaban J connectivity index is 1.51. The SMILES string of the molecule is C[N+]1(C(=O)Nc2ccc(N(Cc3ccccc3Cl)S(C)(=O)=O)cc2)C=CC(c2ccccc2)=N1. The van der Waals surface area contributed by atoms with E-state index in [4.69, 9.17) is 11.6 Å². The van der Waals surface area contributed by atoms with Crippen LogP contribution in [0.15, 0.2) is 96.2 Å². The molecule has 0 fully saturated rings. The average molecular weight is 496 g/mol. The number of sulfonamides is 1. The van der Waals surface area contributed by atoms with Crippen molar-refractivity contribution < 1.29 is 17.8 Å². The summed E-state index contributed by atoms with van der Waals surface area (Å²) in [5, 5.41) is 7.89. The van der Waals surface area contributed by atoms with Crippen molar-refractivity contribution >= 4 is 44.7 Å². The lowest BCUT2D eigenvalue weighted by Crippen LogP contribution is -2.41. The Morgan fingerprint density at radius 3 is 2.29 bits per heavy atom. The van der Waals surface area contributed by atoms with Crippen molar-refractivity contribution in [3.05, 3.63) is 107 Å². The van der Waals surface area contributed by atoms with Crippen LogP contribution in [0.2, 0.25) is 5.02 Å². The molecule has 0 spiro atoms. The molecule has 0 radical (unpaired) electrons. The molecule has 0 saturated carbocycles. The topological polar surface area (TPSA) is 78.8 Å². The molecule has 0 aliphatic carbocycles. The van der Waals surface area contributed by atoms with Crippen LogP contribution in [0.4, 0.5) is 16.2 Å². The summed E-state index contributed by atoms with van der Waals surface area (Å²) in [5.74, 6) is 0. The smallest absolute Gasteiger partial charge is 0.273 e. The third-order valence-corrected chi connectivity index (χ3v) is 6.91. The van der Waals surface area contributed by atoms with Gasteiger partial charge in [-0.25, -0.2) is 13.2 Å². The van der Waals surface area contributed by atoms with Gasteiger partial charge in [-0.2, -0.15) is 0 Å². The number of hydrogen-bond acceptors (Lipinski definition) is 4. The summed E-state index contributed by atoms with van der Waals surface area (Å²) in [7, 11) is -1.88. The number of allylic oxidation sites excluding steroid dienone is 1. The number of anilines is 2. The van der Waals surface area contributed by atoms with Crippen LogP contribution in [-0.2, 0) is 16.6 Å². The van der Waals surface area contributed by atoms with E-state index in [-0.39, 0.29) is 17.2 Å². The molecule has 2 amide bonds. The maximum Gasteiger partial charge on any atom is 0.452 e. The molecule has 0 bridgehead atoms. The molecule has 1 N–H and O–H groups in total. The summed E-state index contributed by atoms with van der Waals surface area (Å²) < 4.78 is 25.9. The standard InChI is InChI=1S/C25H23ClN4O3S/c1-30(17-16-24(28-30)19-8-4-3-5-9-19)25(31)27-21-12-14-22(15-13-21)29(34(2,32)33)18-20-10-6-7-11-23(20)26/h3-17H,18H2,1-2H3/p+1. The summed E-state index contributed by atoms with van der Waals surface area (Å²) in [5.41, 5.74) is 3.33. The highest BCUT2D eigenvalue weighted by Gasteiger charge is 2.35. The molecule has 4 rings (SSSR count). The Hall–Kier alpha value is -3.46. The summed E-state index contributed by atoms with van der Waals surface area (Å²) >= 11 is 6.23. The second-order valence-electron chi connectivity index (χ2n) is 8.03. The van der Waals surface area contributed by atoms with Crippen molar-refractivity contribution in [3.63, 3.8) is 0 Å². The maximum absolute atomic E-state index is 13.0. The number of quaternary nitrogens is 1. The fourth-order valence-corrected chi connectivity index (χ4v) is 4.58. The molecular weight excluding hydrogens is 472 g/mol. The molecule has 9 heteroatoms. The minimum Gasteiger partial charge on any atom is -0.273 e. The van der Waals surface area contributed by atoms with Gasteiger partial charge in [-0.3, -0.25) is 9.62 Å². The summed E-state index contributed by atoms with van der Waals surface area (Å²) in [6.45, 7) is 0.0982. The van der Waals surface area contributed by atoms with E-state index >= 15 is 0 Å². The second-order valence-corrected chi connectivity index (χ2v) is 10.3. The van der Waals surface area contributed by atoms with E-state index in [1.807, 2.05) is 42.5 Å². The van der Waals surface area contributed by atoms with E-state index in [1.54, 1.807) is 55.7 Å². The highest BCUT2D eigenvalue weighted by molar-refractivity contribution is 7.92. The van der Waals surface area contributed by atoms with E-state index in [2.05, 4.69) is 10.4 Å². The van der Waals surface area contributed by atoms with E-state index in [1.165, 1.54) is 4.31 Å². The number of urea groups is 1. The Morgan fingerprint density at radius 2 is 1.65 bits per heavy atom. The Bertz CT molecular complexity index is 1370. The zero-order valence-electron chi connectivity index (χ0n) is 18.7. The Kier molecular flexibility index (Phi) is 6.56. The van der Waals surface area contributed by atoms with Crippen molar-refractivity contribution in [2.45, 2.75) is 6.54 Å². The number of nitrogens with zero attached hydrogens (tertiary/aromatic N) is 3. The van der Waals surface area contributed by atoms with E-state index < -0.39 is 10.0 Å². The molecule has 174 valence electrons.